The molecule has 0 amide bonds. The number of halogens is 1. The van der Waals surface area contributed by atoms with Crippen LogP contribution in [0, 0.1) is 5.82 Å². The zero-order valence-electron chi connectivity index (χ0n) is 22.6. The van der Waals surface area contributed by atoms with Gasteiger partial charge in [0.05, 0.1) is 29.0 Å². The van der Waals surface area contributed by atoms with Gasteiger partial charge in [-0.1, -0.05) is 6.07 Å². The first-order valence-corrected chi connectivity index (χ1v) is 14.7. The summed E-state index contributed by atoms with van der Waals surface area (Å²) in [5.74, 6) is 0.0445. The van der Waals surface area contributed by atoms with Gasteiger partial charge < -0.3 is 9.88 Å². The average Bonchev–Trinajstić information content (AvgIpc) is 3.54. The van der Waals surface area contributed by atoms with Crippen molar-refractivity contribution in [3.05, 3.63) is 84.2 Å². The van der Waals surface area contributed by atoms with E-state index in [9.17, 15) is 12.8 Å². The molecule has 0 unspecified atom stereocenters. The smallest absolute Gasteiger partial charge is 0.209 e. The van der Waals surface area contributed by atoms with Crippen molar-refractivity contribution in [3.8, 4) is 33.8 Å². The van der Waals surface area contributed by atoms with Gasteiger partial charge in [0, 0.05) is 48.2 Å². The molecule has 10 nitrogen and oxygen atoms in total. The van der Waals surface area contributed by atoms with E-state index < -0.39 is 15.8 Å². The van der Waals surface area contributed by atoms with Gasteiger partial charge in [0.1, 0.15) is 11.5 Å². The van der Waals surface area contributed by atoms with Crippen LogP contribution in [0.1, 0.15) is 11.1 Å². The van der Waals surface area contributed by atoms with Crippen LogP contribution < -0.4 is 4.72 Å². The van der Waals surface area contributed by atoms with Gasteiger partial charge in [-0.2, -0.15) is 5.10 Å². The second-order valence-corrected chi connectivity index (χ2v) is 12.1. The maximum Gasteiger partial charge on any atom is 0.209 e. The minimum atomic E-state index is -3.43. The highest BCUT2D eigenvalue weighted by Gasteiger charge is 2.17. The Labute approximate surface area is 235 Å². The van der Waals surface area contributed by atoms with Crippen LogP contribution in [0.2, 0.25) is 0 Å². The van der Waals surface area contributed by atoms with Gasteiger partial charge in [-0.15, -0.1) is 0 Å². The Balaban J connectivity index is 1.40. The number of nitrogens with zero attached hydrogens (tertiary/aromatic N) is 5. The zero-order chi connectivity index (χ0) is 28.7. The van der Waals surface area contributed by atoms with E-state index in [0.29, 0.717) is 39.2 Å². The second kappa shape index (κ2) is 10.5. The fraction of sp³-hybridized carbons (Fsp3) is 0.172. The second-order valence-electron chi connectivity index (χ2n) is 10.3. The summed E-state index contributed by atoms with van der Waals surface area (Å²) < 4.78 is 40.0. The number of sulfonamides is 1. The number of aromatic nitrogens is 6. The molecule has 208 valence electrons. The van der Waals surface area contributed by atoms with Crippen LogP contribution in [0.3, 0.4) is 0 Å². The van der Waals surface area contributed by atoms with Crippen LogP contribution in [0.5, 0.6) is 0 Å². The molecule has 6 aromatic rings. The molecule has 0 spiro atoms. The van der Waals surface area contributed by atoms with E-state index in [4.69, 9.17) is 4.98 Å². The molecule has 3 N–H and O–H groups in total. The minimum Gasteiger partial charge on any atom is -0.335 e. The van der Waals surface area contributed by atoms with E-state index in [1.54, 1.807) is 18.5 Å². The molecule has 0 atom stereocenters. The standard InChI is InChI=1S/C29H27FN8O2S/c1-38(2)16-18-7-21(13-31-11-18)19-4-5-25-23(10-19)28(37-36-25)29-34-26-15-32-14-24(27(26)35-29)20-6-17(8-22(30)9-20)12-33-41(3,39)40/h4-11,13-15,33H,12,16H2,1-3H3,(H,34,35)(H,36,37). The fourth-order valence-corrected chi connectivity index (χ4v) is 5.28. The molecule has 0 aliphatic carbocycles. The summed E-state index contributed by atoms with van der Waals surface area (Å²) in [6.07, 6.45) is 8.05. The summed E-state index contributed by atoms with van der Waals surface area (Å²) in [5.41, 5.74) is 7.48. The van der Waals surface area contributed by atoms with Gasteiger partial charge in [-0.05, 0) is 72.7 Å². The first-order chi connectivity index (χ1) is 19.6. The monoisotopic (exact) mass is 570 g/mol. The molecule has 4 aromatic heterocycles. The highest BCUT2D eigenvalue weighted by atomic mass is 32.2. The number of imidazole rings is 1. The number of rotatable bonds is 8. The molecule has 12 heteroatoms. The number of aromatic amines is 2. The number of hydrogen-bond donors (Lipinski definition) is 3. The first-order valence-electron chi connectivity index (χ1n) is 12.8. The van der Waals surface area contributed by atoms with Crippen molar-refractivity contribution in [2.45, 2.75) is 13.1 Å². The van der Waals surface area contributed by atoms with Crippen molar-refractivity contribution in [1.82, 2.24) is 39.8 Å². The largest absolute Gasteiger partial charge is 0.335 e. The van der Waals surface area contributed by atoms with E-state index in [-0.39, 0.29) is 6.54 Å². The predicted octanol–water partition coefficient (Wildman–Crippen LogP) is 4.48. The first kappa shape index (κ1) is 26.7. The third-order valence-corrected chi connectivity index (χ3v) is 7.28. The highest BCUT2D eigenvalue weighted by Crippen LogP contribution is 2.33. The lowest BCUT2D eigenvalue weighted by atomic mass is 10.0. The van der Waals surface area contributed by atoms with Crippen molar-refractivity contribution < 1.29 is 12.8 Å². The lowest BCUT2D eigenvalue weighted by molar-refractivity contribution is 0.402. The van der Waals surface area contributed by atoms with Crippen molar-refractivity contribution in [2.24, 2.45) is 0 Å². The average molecular weight is 571 g/mol. The van der Waals surface area contributed by atoms with Gasteiger partial charge in [0.25, 0.3) is 0 Å². The molecular weight excluding hydrogens is 543 g/mol. The zero-order valence-corrected chi connectivity index (χ0v) is 23.4. The predicted molar refractivity (Wildman–Crippen MR) is 157 cm³/mol. The number of H-pyrrole nitrogens is 2. The number of nitrogens with one attached hydrogen (secondary N) is 3. The summed E-state index contributed by atoms with van der Waals surface area (Å²) in [7, 11) is 0.612. The third-order valence-electron chi connectivity index (χ3n) is 6.62. The molecule has 6 rings (SSSR count). The Morgan fingerprint density at radius 1 is 0.902 bits per heavy atom. The van der Waals surface area contributed by atoms with Gasteiger partial charge in [-0.3, -0.25) is 15.1 Å². The van der Waals surface area contributed by atoms with E-state index in [2.05, 4.69) is 46.9 Å². The number of hydrogen-bond acceptors (Lipinski definition) is 7. The number of pyridine rings is 2. The van der Waals surface area contributed by atoms with E-state index >= 15 is 0 Å². The van der Waals surface area contributed by atoms with Gasteiger partial charge in [0.2, 0.25) is 10.0 Å². The van der Waals surface area contributed by atoms with Crippen molar-refractivity contribution in [2.75, 3.05) is 20.4 Å². The number of benzene rings is 2. The maximum atomic E-state index is 14.6. The van der Waals surface area contributed by atoms with Crippen LogP contribution >= 0.6 is 0 Å². The Morgan fingerprint density at radius 2 is 1.71 bits per heavy atom. The number of fused-ring (bicyclic) bond motifs is 2. The molecule has 0 fully saturated rings. The summed E-state index contributed by atoms with van der Waals surface area (Å²) in [6, 6.07) is 12.6. The molecule has 0 bridgehead atoms. The molecule has 4 heterocycles. The SMILES string of the molecule is CN(C)Cc1cncc(-c2ccc3[nH]nc(-c4nc5c(-c6cc(F)cc(CNS(C)(=O)=O)c6)cncc5[nH]4)c3c2)c1. The van der Waals surface area contributed by atoms with Crippen LogP contribution in [0.25, 0.3) is 55.7 Å². The van der Waals surface area contributed by atoms with Crippen molar-refractivity contribution in [1.29, 1.82) is 0 Å². The third kappa shape index (κ3) is 5.71. The van der Waals surface area contributed by atoms with Crippen molar-refractivity contribution >= 4 is 32.0 Å². The summed E-state index contributed by atoms with van der Waals surface area (Å²) in [4.78, 5) is 19.0. The molecule has 2 aromatic carbocycles. The molecular formula is C29H27FN8O2S. The Hall–Kier alpha value is -4.52. The summed E-state index contributed by atoms with van der Waals surface area (Å²) in [5, 5.41) is 8.51. The molecule has 0 aliphatic heterocycles. The Morgan fingerprint density at radius 3 is 2.51 bits per heavy atom. The van der Waals surface area contributed by atoms with Crippen LogP contribution in [-0.4, -0.2) is 63.8 Å². The lowest BCUT2D eigenvalue weighted by Crippen LogP contribution is -2.21. The van der Waals surface area contributed by atoms with Gasteiger partial charge >= 0.3 is 0 Å². The molecule has 0 saturated carbocycles. The van der Waals surface area contributed by atoms with E-state index in [1.165, 1.54) is 12.1 Å². The maximum absolute atomic E-state index is 14.6. The van der Waals surface area contributed by atoms with E-state index in [1.807, 2.05) is 38.6 Å². The minimum absolute atomic E-state index is 0.0338. The van der Waals surface area contributed by atoms with Gasteiger partial charge in [-0.25, -0.2) is 22.5 Å². The summed E-state index contributed by atoms with van der Waals surface area (Å²) in [6.45, 7) is 0.754. The van der Waals surface area contributed by atoms with Crippen LogP contribution in [0.4, 0.5) is 4.39 Å². The van der Waals surface area contributed by atoms with E-state index in [0.717, 1.165) is 40.4 Å². The molecule has 41 heavy (non-hydrogen) atoms. The molecule has 0 radical (unpaired) electrons. The summed E-state index contributed by atoms with van der Waals surface area (Å²) >= 11 is 0. The Bertz CT molecular complexity index is 2020. The molecule has 0 aliphatic rings. The Kier molecular flexibility index (Phi) is 6.81. The lowest BCUT2D eigenvalue weighted by Gasteiger charge is -2.10. The normalized spacial score (nSPS) is 12.1. The van der Waals surface area contributed by atoms with Crippen LogP contribution in [-0.2, 0) is 23.1 Å². The quantitative estimate of drug-likeness (QED) is 0.246. The van der Waals surface area contributed by atoms with Crippen molar-refractivity contribution in [3.63, 3.8) is 0 Å². The van der Waals surface area contributed by atoms with Crippen LogP contribution in [0.15, 0.2) is 67.3 Å². The highest BCUT2D eigenvalue weighted by molar-refractivity contribution is 7.88. The van der Waals surface area contributed by atoms with Gasteiger partial charge in [0.15, 0.2) is 5.82 Å². The molecule has 0 saturated heterocycles. The topological polar surface area (TPSA) is 133 Å². The fourth-order valence-electron chi connectivity index (χ4n) is 4.85.